The van der Waals surface area contributed by atoms with Crippen molar-refractivity contribution < 1.29 is 22.4 Å². The number of anilines is 2. The molecule has 6 aromatic rings. The highest BCUT2D eigenvalue weighted by Gasteiger charge is 2.31. The number of hydrogen-bond donors (Lipinski definition) is 1. The van der Waals surface area contributed by atoms with Crippen molar-refractivity contribution in [1.29, 1.82) is 0 Å². The molecule has 1 aromatic carbocycles. The van der Waals surface area contributed by atoms with Gasteiger partial charge < -0.3 is 10.1 Å². The minimum absolute atomic E-state index is 0.132. The number of aromatic nitrogens is 7. The van der Waals surface area contributed by atoms with Crippen LogP contribution in [0.4, 0.5) is 29.2 Å². The highest BCUT2D eigenvalue weighted by atomic mass is 19.4. The van der Waals surface area contributed by atoms with Gasteiger partial charge in [0.1, 0.15) is 22.8 Å². The van der Waals surface area contributed by atoms with E-state index in [1.807, 2.05) is 0 Å². The molecule has 5 heterocycles. The van der Waals surface area contributed by atoms with Gasteiger partial charge in [0.05, 0.1) is 41.2 Å². The number of amides is 1. The standard InChI is InChI=1S/C25H19F4N9O/c1-13-31-9-20-22(30)34-18-5-3-14(7-19(18)38(13)20)24(39)37(23-17(26)8-32-35(23)2)12-16-11-36-10-15(25(27,28)29)4-6-21(36)33-16/h3-11H,12H2,1-2H3,(H2,30,34). The first-order valence-electron chi connectivity index (χ1n) is 11.6. The lowest BCUT2D eigenvalue weighted by atomic mass is 10.1. The fraction of sp³-hybridized carbons (Fsp3) is 0.160. The number of benzene rings is 1. The molecule has 5 aromatic heterocycles. The Labute approximate surface area is 216 Å². The van der Waals surface area contributed by atoms with Gasteiger partial charge in [-0.1, -0.05) is 0 Å². The topological polar surface area (TPSA) is 112 Å². The summed E-state index contributed by atoms with van der Waals surface area (Å²) >= 11 is 0. The Bertz CT molecular complexity index is 1900. The molecule has 0 atom stereocenters. The lowest BCUT2D eigenvalue weighted by Crippen LogP contribution is -2.33. The van der Waals surface area contributed by atoms with E-state index in [4.69, 9.17) is 5.73 Å². The largest absolute Gasteiger partial charge is 0.417 e. The molecule has 39 heavy (non-hydrogen) atoms. The smallest absolute Gasteiger partial charge is 0.382 e. The maximum absolute atomic E-state index is 14.9. The molecule has 0 fully saturated rings. The van der Waals surface area contributed by atoms with E-state index in [2.05, 4.69) is 20.1 Å². The average molecular weight is 537 g/mol. The van der Waals surface area contributed by atoms with Gasteiger partial charge in [0.25, 0.3) is 5.91 Å². The maximum atomic E-state index is 14.9. The summed E-state index contributed by atoms with van der Waals surface area (Å²) in [7, 11) is 1.48. The molecule has 198 valence electrons. The molecule has 0 aliphatic rings. The molecule has 0 radical (unpaired) electrons. The molecule has 0 aliphatic heterocycles. The minimum Gasteiger partial charge on any atom is -0.382 e. The van der Waals surface area contributed by atoms with Crippen LogP contribution in [0.3, 0.4) is 0 Å². The lowest BCUT2D eigenvalue weighted by molar-refractivity contribution is -0.137. The predicted octanol–water partition coefficient (Wildman–Crippen LogP) is 4.16. The maximum Gasteiger partial charge on any atom is 0.417 e. The van der Waals surface area contributed by atoms with E-state index in [9.17, 15) is 22.4 Å². The number of pyridine rings is 1. The number of aryl methyl sites for hydroxylation is 2. The van der Waals surface area contributed by atoms with E-state index in [0.717, 1.165) is 23.4 Å². The molecule has 10 nitrogen and oxygen atoms in total. The second-order valence-corrected chi connectivity index (χ2v) is 8.97. The summed E-state index contributed by atoms with van der Waals surface area (Å²) in [6.45, 7) is 1.54. The van der Waals surface area contributed by atoms with Crippen molar-refractivity contribution in [1.82, 2.24) is 33.5 Å². The first kappa shape index (κ1) is 24.3. The molecular formula is C25H19F4N9O. The third-order valence-corrected chi connectivity index (χ3v) is 6.42. The van der Waals surface area contributed by atoms with Crippen LogP contribution in [0.2, 0.25) is 0 Å². The number of nitrogen functional groups attached to an aromatic ring is 1. The monoisotopic (exact) mass is 537 g/mol. The van der Waals surface area contributed by atoms with Gasteiger partial charge in [0.15, 0.2) is 11.6 Å². The van der Waals surface area contributed by atoms with Crippen molar-refractivity contribution in [2.75, 3.05) is 10.6 Å². The van der Waals surface area contributed by atoms with Crippen molar-refractivity contribution in [3.8, 4) is 0 Å². The highest BCUT2D eigenvalue weighted by Crippen LogP contribution is 2.30. The Morgan fingerprint density at radius 2 is 1.87 bits per heavy atom. The quantitative estimate of drug-likeness (QED) is 0.338. The molecule has 0 unspecified atom stereocenters. The summed E-state index contributed by atoms with van der Waals surface area (Å²) in [5.74, 6) is -0.563. The van der Waals surface area contributed by atoms with Crippen LogP contribution in [0, 0.1) is 12.7 Å². The van der Waals surface area contributed by atoms with E-state index in [1.54, 1.807) is 29.7 Å². The summed E-state index contributed by atoms with van der Waals surface area (Å²) < 4.78 is 58.6. The van der Waals surface area contributed by atoms with E-state index >= 15 is 0 Å². The zero-order chi connectivity index (χ0) is 27.6. The van der Waals surface area contributed by atoms with Gasteiger partial charge in [-0.05, 0) is 37.3 Å². The number of carbonyl (C=O) groups is 1. The Balaban J connectivity index is 1.45. The second kappa shape index (κ2) is 8.51. The van der Waals surface area contributed by atoms with Gasteiger partial charge in [-0.2, -0.15) is 18.3 Å². The van der Waals surface area contributed by atoms with Crippen LogP contribution < -0.4 is 10.6 Å². The fourth-order valence-corrected chi connectivity index (χ4v) is 4.60. The Morgan fingerprint density at radius 3 is 2.59 bits per heavy atom. The number of alkyl halides is 3. The first-order chi connectivity index (χ1) is 18.5. The fourth-order valence-electron chi connectivity index (χ4n) is 4.60. The molecule has 6 rings (SSSR count). The molecule has 2 N–H and O–H groups in total. The zero-order valence-corrected chi connectivity index (χ0v) is 20.5. The number of hydrogen-bond acceptors (Lipinski definition) is 6. The van der Waals surface area contributed by atoms with Gasteiger partial charge in [-0.25, -0.2) is 24.0 Å². The van der Waals surface area contributed by atoms with Crippen LogP contribution in [0.5, 0.6) is 0 Å². The van der Waals surface area contributed by atoms with Crippen LogP contribution in [0.15, 0.2) is 55.1 Å². The van der Waals surface area contributed by atoms with Gasteiger partial charge >= 0.3 is 6.18 Å². The summed E-state index contributed by atoms with van der Waals surface area (Å²) in [6, 6.07) is 6.91. The molecule has 0 saturated carbocycles. The average Bonchev–Trinajstić information content (AvgIpc) is 3.58. The zero-order valence-electron chi connectivity index (χ0n) is 20.5. The summed E-state index contributed by atoms with van der Waals surface area (Å²) in [6.07, 6.45) is 0.290. The number of imidazole rings is 2. The molecule has 0 spiro atoms. The number of halogens is 4. The number of nitrogens with zero attached hydrogens (tertiary/aromatic N) is 8. The van der Waals surface area contributed by atoms with E-state index in [1.165, 1.54) is 34.5 Å². The molecule has 0 bridgehead atoms. The Hall–Kier alpha value is -5.01. The van der Waals surface area contributed by atoms with E-state index in [-0.39, 0.29) is 35.1 Å². The number of fused-ring (bicyclic) bond motifs is 4. The molecule has 1 amide bonds. The minimum atomic E-state index is -4.53. The third kappa shape index (κ3) is 4.00. The van der Waals surface area contributed by atoms with Crippen LogP contribution in [0.25, 0.3) is 22.2 Å². The summed E-state index contributed by atoms with van der Waals surface area (Å²) in [5, 5.41) is 3.90. The first-order valence-corrected chi connectivity index (χ1v) is 11.6. The molecular weight excluding hydrogens is 518 g/mol. The van der Waals surface area contributed by atoms with Gasteiger partial charge in [0, 0.05) is 25.0 Å². The number of carbonyl (C=O) groups excluding carboxylic acids is 1. The van der Waals surface area contributed by atoms with Gasteiger partial charge in [-0.3, -0.25) is 14.1 Å². The second-order valence-electron chi connectivity index (χ2n) is 8.97. The van der Waals surface area contributed by atoms with Crippen LogP contribution in [-0.4, -0.2) is 39.4 Å². The van der Waals surface area contributed by atoms with Crippen molar-refractivity contribution in [3.05, 3.63) is 83.6 Å². The molecule has 0 saturated heterocycles. The number of nitrogens with two attached hydrogens (primary N) is 1. The van der Waals surface area contributed by atoms with Crippen molar-refractivity contribution in [2.45, 2.75) is 19.6 Å². The third-order valence-electron chi connectivity index (χ3n) is 6.42. The van der Waals surface area contributed by atoms with Crippen molar-refractivity contribution in [3.63, 3.8) is 0 Å². The van der Waals surface area contributed by atoms with Gasteiger partial charge in [0.2, 0.25) is 0 Å². The lowest BCUT2D eigenvalue weighted by Gasteiger charge is -2.22. The predicted molar refractivity (Wildman–Crippen MR) is 134 cm³/mol. The van der Waals surface area contributed by atoms with Gasteiger partial charge in [-0.15, -0.1) is 0 Å². The van der Waals surface area contributed by atoms with Crippen molar-refractivity contribution >= 4 is 39.7 Å². The van der Waals surface area contributed by atoms with Crippen LogP contribution in [-0.2, 0) is 19.8 Å². The van der Waals surface area contributed by atoms with E-state index in [0.29, 0.717) is 22.4 Å². The van der Waals surface area contributed by atoms with Crippen LogP contribution >= 0.6 is 0 Å². The molecule has 0 aliphatic carbocycles. The highest BCUT2D eigenvalue weighted by molar-refractivity contribution is 6.07. The Morgan fingerprint density at radius 1 is 1.08 bits per heavy atom. The Kier molecular flexibility index (Phi) is 5.31. The summed E-state index contributed by atoms with van der Waals surface area (Å²) in [4.78, 5) is 28.0. The summed E-state index contributed by atoms with van der Waals surface area (Å²) in [5.41, 5.74) is 7.56. The number of rotatable bonds is 4. The van der Waals surface area contributed by atoms with Crippen LogP contribution in [0.1, 0.15) is 27.4 Å². The SMILES string of the molecule is Cc1ncc2c(N)nc3ccc(C(=O)N(Cc4cn5cc(C(F)(F)F)ccc5n4)c4c(F)cnn4C)cc3n12. The normalized spacial score (nSPS) is 12.2. The molecule has 14 heteroatoms. The van der Waals surface area contributed by atoms with Crippen molar-refractivity contribution in [2.24, 2.45) is 7.05 Å². The van der Waals surface area contributed by atoms with E-state index < -0.39 is 23.5 Å².